The fourth-order valence-electron chi connectivity index (χ4n) is 23.8. The number of hydrogen-bond donors (Lipinski definition) is 4. The number of likely N-dealkylation sites (tertiary alicyclic amines) is 4. The Hall–Kier alpha value is -11.4. The molecule has 9 heterocycles. The summed E-state index contributed by atoms with van der Waals surface area (Å²) in [6, 6.07) is 30.7. The number of halogens is 5. The van der Waals surface area contributed by atoms with Crippen LogP contribution in [-0.4, -0.2) is 195 Å². The lowest BCUT2D eigenvalue weighted by Gasteiger charge is -2.38. The molecule has 0 radical (unpaired) electrons. The molecule has 738 valence electrons. The number of benzene rings is 6. The lowest BCUT2D eigenvalue weighted by molar-refractivity contribution is -0.149. The van der Waals surface area contributed by atoms with Crippen LogP contribution < -0.4 is 16.1 Å². The normalized spacial score (nSPS) is 24.0. The zero-order chi connectivity index (χ0) is 99.4. The number of aromatic nitrogens is 4. The monoisotopic (exact) mass is 1980 g/mol. The van der Waals surface area contributed by atoms with Gasteiger partial charge in [-0.2, -0.15) is 17.6 Å². The molecule has 21 rings (SSSR count). The van der Waals surface area contributed by atoms with Crippen molar-refractivity contribution in [3.05, 3.63) is 171 Å². The van der Waals surface area contributed by atoms with Gasteiger partial charge in [0.15, 0.2) is 0 Å². The molecule has 6 amide bonds. The van der Waals surface area contributed by atoms with Crippen molar-refractivity contribution in [1.82, 2.24) is 50.2 Å². The number of carbonyl (C=O) groups excluding carboxylic acids is 8. The fraction of sp³-hybridized carbons (Fsp3) is 0.519. The molecule has 8 aromatic rings. The van der Waals surface area contributed by atoms with Crippen LogP contribution >= 0.6 is 15.9 Å². The minimum atomic E-state index is -3.27. The summed E-state index contributed by atoms with van der Waals surface area (Å²) in [6.45, 7) is 24.9. The van der Waals surface area contributed by atoms with Crippen LogP contribution in [0.25, 0.3) is 55.9 Å². The van der Waals surface area contributed by atoms with Gasteiger partial charge in [0.2, 0.25) is 23.6 Å². The Kier molecular flexibility index (Phi) is 25.7. The quantitative estimate of drug-likeness (QED) is 0.0212. The zero-order valence-corrected chi connectivity index (χ0v) is 83.9. The van der Waals surface area contributed by atoms with E-state index in [1.54, 1.807) is 48.8 Å². The molecule has 7 aliphatic heterocycles. The first kappa shape index (κ1) is 97.4. The Morgan fingerprint density at radius 3 is 1.27 bits per heavy atom. The Labute approximate surface area is 822 Å². The van der Waals surface area contributed by atoms with Gasteiger partial charge < -0.3 is 68.5 Å². The summed E-state index contributed by atoms with van der Waals surface area (Å²) in [5, 5.41) is 5.39. The second kappa shape index (κ2) is 36.9. The standard InChI is InChI=1S/C51H56F2N6O6.C29H29BrF2N4O3.C28H39BN2O5/c1-26(2)36(22-43(60)64-5)47(61)59-33-11-7-31(18-33)45(59)40-21-32-17-28(10-14-39(32)55-40)29-8-12-34-35-13-9-30(20-38(35)51(52,53)37(34)19-29)41-24-54-46(56-41)42-23-50(15-16-50)25-58(42)48(62)44(27(3)4)57-49(63)65-6;1-15(2)24(35-27(38)39-3)26(37)36-14-28(8-9-28)12-23(36)25-33-13-22(34-25)16-4-6-18-19-7-5-17(30)11-21(19)29(31,32)20(18)10-16;1-16(2)21(15-24(32)34-7)26(33)31-20-10-8-17(13-20)25(31)23-14-18-12-19(9-11-22(18)30-23)29-35-27(3,4)28(5,6)36-29/h8-10,12-14,17,19-20,24,26-27,31,33,36,42,44-45H,7,11,15-16,18,21-23,25H2,1-6H3,(H,54,56)(H,57,63);4-7,10-11,13,15,23-24H,8-9,12,14H2,1-3H3,(H,33,34)(H,35,38);9,11-12,16-17,20-21,25H,8,10,13-15H2,1-7H3. The average molecular weight is 1980 g/mol. The summed E-state index contributed by atoms with van der Waals surface area (Å²) in [5.41, 5.74) is 11.9. The number of esters is 2. The molecule has 4 N–H and O–H groups in total. The molecule has 12 unspecified atom stereocenters. The van der Waals surface area contributed by atoms with E-state index >= 15 is 17.6 Å². The van der Waals surface area contributed by atoms with Crippen molar-refractivity contribution in [2.24, 2.45) is 68.2 Å². The minimum absolute atomic E-state index is 0.00263. The third kappa shape index (κ3) is 17.7. The number of alkyl carbamates (subject to hydrolysis) is 2. The predicted octanol–water partition coefficient (Wildman–Crippen LogP) is 19.4. The number of aliphatic imine (C=N–C) groups is 2. The van der Waals surface area contributed by atoms with Gasteiger partial charge >= 0.3 is 31.2 Å². The molecule has 6 aliphatic carbocycles. The SMILES string of the molecule is COC(=O)CC(C(=O)N1C2CCC(C2)C1C1=Nc2ccc(-c3ccc4c(c3)C(F)(F)c3cc(-c5cnc(C6CC7(CC7)CN6C(=O)C(NC(=O)OC)C(C)C)[nH]5)ccc3-4)cc2C1)C(C)C.COC(=O)CC(C(=O)N1C2CCC(C2)C1C1=Nc2ccc(B3OC(C)(C)C(C)(C)O3)cc2C1)C(C)C.COC(=O)NC(C(=O)N1CC2(CC2)CC1c1ncc(-c2ccc3c(c2)C(F)(F)c2cc(Br)ccc2-3)[nH]1)C(C)C. The van der Waals surface area contributed by atoms with Crippen LogP contribution in [0, 0.1) is 58.2 Å². The van der Waals surface area contributed by atoms with Gasteiger partial charge in [-0.15, -0.1) is 0 Å². The first-order chi connectivity index (χ1) is 66.5. The van der Waals surface area contributed by atoms with Crippen molar-refractivity contribution >= 4 is 99.1 Å². The van der Waals surface area contributed by atoms with E-state index < -0.39 is 49.2 Å². The minimum Gasteiger partial charge on any atom is -0.469 e. The molecule has 26 nitrogen and oxygen atoms in total. The van der Waals surface area contributed by atoms with E-state index in [4.69, 9.17) is 43.2 Å². The second-order valence-electron chi connectivity index (χ2n) is 43.5. The summed E-state index contributed by atoms with van der Waals surface area (Å²) >= 11 is 3.31. The van der Waals surface area contributed by atoms with Gasteiger partial charge in [0, 0.05) is 87.3 Å². The molecule has 32 heteroatoms. The van der Waals surface area contributed by atoms with Crippen LogP contribution in [0.4, 0.5) is 38.5 Å². The van der Waals surface area contributed by atoms with E-state index in [0.29, 0.717) is 97.8 Å². The zero-order valence-electron chi connectivity index (χ0n) is 82.3. The second-order valence-corrected chi connectivity index (χ2v) is 44.5. The maximum Gasteiger partial charge on any atom is 0.494 e. The van der Waals surface area contributed by atoms with Crippen LogP contribution in [0.15, 0.2) is 136 Å². The van der Waals surface area contributed by atoms with Crippen LogP contribution in [0.1, 0.15) is 230 Å². The number of hydrogen-bond acceptors (Lipinski definition) is 18. The van der Waals surface area contributed by atoms with Crippen molar-refractivity contribution in [2.75, 3.05) is 41.5 Å². The van der Waals surface area contributed by atoms with Gasteiger partial charge in [-0.1, -0.05) is 132 Å². The Morgan fingerprint density at radius 2 is 0.864 bits per heavy atom. The topological polar surface area (TPSA) is 311 Å². The van der Waals surface area contributed by atoms with Gasteiger partial charge in [0.25, 0.3) is 11.8 Å². The van der Waals surface area contributed by atoms with Gasteiger partial charge in [-0.3, -0.25) is 38.8 Å². The smallest absolute Gasteiger partial charge is 0.469 e. The van der Waals surface area contributed by atoms with Gasteiger partial charge in [0.05, 0.1) is 124 Å². The van der Waals surface area contributed by atoms with Crippen molar-refractivity contribution in [2.45, 2.75) is 257 Å². The molecule has 2 spiro atoms. The number of H-pyrrole nitrogens is 2. The molecule has 4 saturated carbocycles. The largest absolute Gasteiger partial charge is 0.494 e. The molecule has 6 aromatic carbocycles. The molecule has 9 fully saturated rings. The predicted molar refractivity (Wildman–Crippen MR) is 525 cm³/mol. The highest BCUT2D eigenvalue weighted by atomic mass is 79.9. The van der Waals surface area contributed by atoms with E-state index in [2.05, 4.69) is 86.2 Å². The number of piperidine rings is 2. The van der Waals surface area contributed by atoms with Gasteiger partial charge in [0.1, 0.15) is 23.7 Å². The van der Waals surface area contributed by atoms with Crippen molar-refractivity contribution < 1.29 is 84.2 Å². The molecule has 12 atom stereocenters. The third-order valence-electron chi connectivity index (χ3n) is 32.8. The molecular formula is C108H124BBrF4N12O14. The van der Waals surface area contributed by atoms with Crippen LogP contribution in [0.5, 0.6) is 0 Å². The summed E-state index contributed by atoms with van der Waals surface area (Å²) in [4.78, 5) is 138. The van der Waals surface area contributed by atoms with Crippen LogP contribution in [0.3, 0.4) is 0 Å². The first-order valence-electron chi connectivity index (χ1n) is 49.5. The van der Waals surface area contributed by atoms with E-state index in [0.717, 1.165) is 128 Å². The number of ether oxygens (including phenoxy) is 4. The number of amides is 6. The number of alkyl halides is 4. The number of aromatic amines is 2. The maximum atomic E-state index is 16.7. The maximum absolute atomic E-state index is 16.7. The number of fused-ring (bicyclic) bond motifs is 12. The molecule has 140 heavy (non-hydrogen) atoms. The molecule has 5 saturated heterocycles. The summed E-state index contributed by atoms with van der Waals surface area (Å²) in [5.74, 6) is -6.61. The number of nitrogens with zero attached hydrogens (tertiary/aromatic N) is 8. The van der Waals surface area contributed by atoms with Crippen molar-refractivity contribution in [3.8, 4) is 55.9 Å². The number of carbonyl (C=O) groups is 8. The number of methoxy groups -OCH3 is 4. The summed E-state index contributed by atoms with van der Waals surface area (Å²) in [7, 11) is 4.86. The highest BCUT2D eigenvalue weighted by Gasteiger charge is 2.60. The van der Waals surface area contributed by atoms with Crippen molar-refractivity contribution in [1.29, 1.82) is 0 Å². The van der Waals surface area contributed by atoms with E-state index in [-0.39, 0.29) is 159 Å². The van der Waals surface area contributed by atoms with Crippen LogP contribution in [0.2, 0.25) is 0 Å². The van der Waals surface area contributed by atoms with Crippen LogP contribution in [-0.2, 0) is 81.7 Å². The summed E-state index contributed by atoms with van der Waals surface area (Å²) < 4.78 is 96.7. The fourth-order valence-corrected chi connectivity index (χ4v) is 24.2. The van der Waals surface area contributed by atoms with E-state index in [1.165, 1.54) is 46.6 Å². The number of imidazole rings is 2. The number of nitrogens with one attached hydrogen (secondary N) is 4. The first-order valence-corrected chi connectivity index (χ1v) is 50.3. The Morgan fingerprint density at radius 1 is 0.479 bits per heavy atom. The van der Waals surface area contributed by atoms with Gasteiger partial charge in [-0.25, -0.2) is 19.6 Å². The molecule has 2 aromatic heterocycles. The lowest BCUT2D eigenvalue weighted by Crippen LogP contribution is -2.52. The Balaban J connectivity index is 0.000000143. The Bertz CT molecular complexity index is 6360. The number of rotatable bonds is 22. The third-order valence-corrected chi connectivity index (χ3v) is 33.3. The average Bonchev–Trinajstić information content (AvgIpc) is 1.56. The molecule has 13 aliphatic rings. The lowest BCUT2D eigenvalue weighted by atomic mass is 9.78. The van der Waals surface area contributed by atoms with E-state index in [9.17, 15) is 38.4 Å². The van der Waals surface area contributed by atoms with Crippen molar-refractivity contribution in [3.63, 3.8) is 0 Å². The van der Waals surface area contributed by atoms with E-state index in [1.807, 2.05) is 113 Å². The van der Waals surface area contributed by atoms with Gasteiger partial charge in [-0.05, 0) is 250 Å². The molecular weight excluding hydrogens is 1860 g/mol. The summed E-state index contributed by atoms with van der Waals surface area (Å²) in [6.07, 6.45) is 15.1. The highest BCUT2D eigenvalue weighted by Crippen LogP contribution is 2.62. The molecule has 4 bridgehead atoms. The highest BCUT2D eigenvalue weighted by molar-refractivity contribution is 9.10.